The molecule has 98 valence electrons. The lowest BCUT2D eigenvalue weighted by atomic mass is 10.2. The normalized spacial score (nSPS) is 10.2. The van der Waals surface area contributed by atoms with Crippen molar-refractivity contribution in [3.8, 4) is 11.5 Å². The van der Waals surface area contributed by atoms with Crippen molar-refractivity contribution in [2.24, 2.45) is 0 Å². The van der Waals surface area contributed by atoms with Gasteiger partial charge in [-0.1, -0.05) is 22.0 Å². The second kappa shape index (κ2) is 6.04. The SMILES string of the molecule is O=[N+]([O-])c1ccc(Oc2cccc(Br)c2)cc1CCl. The minimum Gasteiger partial charge on any atom is -0.457 e. The van der Waals surface area contributed by atoms with Gasteiger partial charge in [-0.15, -0.1) is 11.6 Å². The van der Waals surface area contributed by atoms with Gasteiger partial charge in [0.1, 0.15) is 11.5 Å². The minimum atomic E-state index is -0.458. The van der Waals surface area contributed by atoms with E-state index in [1.807, 2.05) is 18.2 Å². The summed E-state index contributed by atoms with van der Waals surface area (Å²) in [5.41, 5.74) is 0.427. The van der Waals surface area contributed by atoms with Gasteiger partial charge in [-0.25, -0.2) is 0 Å². The van der Waals surface area contributed by atoms with Crippen molar-refractivity contribution in [3.05, 3.63) is 62.6 Å². The van der Waals surface area contributed by atoms with Gasteiger partial charge in [0.05, 0.1) is 10.8 Å². The van der Waals surface area contributed by atoms with Gasteiger partial charge in [-0.2, -0.15) is 0 Å². The molecule has 0 aliphatic heterocycles. The summed E-state index contributed by atoms with van der Waals surface area (Å²) >= 11 is 9.05. The fraction of sp³-hybridized carbons (Fsp3) is 0.0769. The Morgan fingerprint density at radius 1 is 1.21 bits per heavy atom. The van der Waals surface area contributed by atoms with E-state index in [0.29, 0.717) is 17.1 Å². The number of hydrogen-bond acceptors (Lipinski definition) is 3. The average molecular weight is 343 g/mol. The lowest BCUT2D eigenvalue weighted by Crippen LogP contribution is -1.94. The molecular weight excluding hydrogens is 334 g/mol. The van der Waals surface area contributed by atoms with E-state index in [1.165, 1.54) is 6.07 Å². The molecule has 2 aromatic rings. The summed E-state index contributed by atoms with van der Waals surface area (Å²) in [4.78, 5) is 10.3. The molecule has 6 heteroatoms. The summed E-state index contributed by atoms with van der Waals surface area (Å²) in [6, 6.07) is 11.8. The highest BCUT2D eigenvalue weighted by molar-refractivity contribution is 9.10. The molecule has 0 saturated carbocycles. The van der Waals surface area contributed by atoms with Crippen LogP contribution in [0, 0.1) is 10.1 Å². The van der Waals surface area contributed by atoms with Gasteiger partial charge in [0.25, 0.3) is 5.69 Å². The second-order valence-electron chi connectivity index (χ2n) is 3.74. The van der Waals surface area contributed by atoms with Crippen molar-refractivity contribution in [3.63, 3.8) is 0 Å². The monoisotopic (exact) mass is 341 g/mol. The Balaban J connectivity index is 2.29. The number of nitrogens with zero attached hydrogens (tertiary/aromatic N) is 1. The summed E-state index contributed by atoms with van der Waals surface area (Å²) in [5.74, 6) is 1.22. The standard InChI is InChI=1S/C13H9BrClNO3/c14-10-2-1-3-11(7-10)19-12-4-5-13(16(17)18)9(6-12)8-15/h1-7H,8H2. The number of nitro groups is 1. The number of nitro benzene ring substituents is 1. The molecular formula is C13H9BrClNO3. The minimum absolute atomic E-state index is 0.00316. The van der Waals surface area contributed by atoms with Crippen LogP contribution in [0.4, 0.5) is 5.69 Å². The first-order chi connectivity index (χ1) is 9.10. The molecule has 0 unspecified atom stereocenters. The van der Waals surface area contributed by atoms with Crippen molar-refractivity contribution in [2.45, 2.75) is 5.88 Å². The number of benzene rings is 2. The first-order valence-electron chi connectivity index (χ1n) is 5.37. The number of ether oxygens (including phenoxy) is 1. The van der Waals surface area contributed by atoms with Crippen LogP contribution in [-0.4, -0.2) is 4.92 Å². The quantitative estimate of drug-likeness (QED) is 0.451. The molecule has 0 aliphatic rings. The predicted octanol–water partition coefficient (Wildman–Crippen LogP) is 4.89. The van der Waals surface area contributed by atoms with Crippen molar-refractivity contribution in [2.75, 3.05) is 0 Å². The third-order valence-corrected chi connectivity index (χ3v) is 3.20. The fourth-order valence-electron chi connectivity index (χ4n) is 1.58. The van der Waals surface area contributed by atoms with Gasteiger partial charge in [0, 0.05) is 16.1 Å². The molecule has 0 bridgehead atoms. The Labute approximate surface area is 123 Å². The summed E-state index contributed by atoms with van der Waals surface area (Å²) in [7, 11) is 0. The Morgan fingerprint density at radius 2 is 1.95 bits per heavy atom. The molecule has 2 aromatic carbocycles. The first-order valence-corrected chi connectivity index (χ1v) is 6.69. The fourth-order valence-corrected chi connectivity index (χ4v) is 2.17. The predicted molar refractivity (Wildman–Crippen MR) is 76.9 cm³/mol. The van der Waals surface area contributed by atoms with Crippen LogP contribution in [0.2, 0.25) is 0 Å². The maximum Gasteiger partial charge on any atom is 0.274 e. The van der Waals surface area contributed by atoms with E-state index in [1.54, 1.807) is 18.2 Å². The first kappa shape index (κ1) is 13.8. The molecule has 0 amide bonds. The molecule has 0 radical (unpaired) electrons. The number of hydrogen-bond donors (Lipinski definition) is 0. The van der Waals surface area contributed by atoms with Crippen LogP contribution in [0.5, 0.6) is 11.5 Å². The largest absolute Gasteiger partial charge is 0.457 e. The number of rotatable bonds is 4. The summed E-state index contributed by atoms with van der Waals surface area (Å²) < 4.78 is 6.52. The van der Waals surface area contributed by atoms with E-state index in [9.17, 15) is 10.1 Å². The van der Waals surface area contributed by atoms with Crippen molar-refractivity contribution >= 4 is 33.2 Å². The van der Waals surface area contributed by atoms with Gasteiger partial charge in [-0.3, -0.25) is 10.1 Å². The lowest BCUT2D eigenvalue weighted by molar-refractivity contribution is -0.385. The van der Waals surface area contributed by atoms with Gasteiger partial charge < -0.3 is 4.74 Å². The maximum atomic E-state index is 10.8. The molecule has 4 nitrogen and oxygen atoms in total. The van der Waals surface area contributed by atoms with Gasteiger partial charge in [0.2, 0.25) is 0 Å². The maximum absolute atomic E-state index is 10.8. The van der Waals surface area contributed by atoms with E-state index in [-0.39, 0.29) is 11.6 Å². The van der Waals surface area contributed by atoms with E-state index in [2.05, 4.69) is 15.9 Å². The van der Waals surface area contributed by atoms with Crippen LogP contribution in [-0.2, 0) is 5.88 Å². The molecule has 0 heterocycles. The molecule has 0 atom stereocenters. The Morgan fingerprint density at radius 3 is 2.58 bits per heavy atom. The second-order valence-corrected chi connectivity index (χ2v) is 4.92. The Hall–Kier alpha value is -1.59. The number of halogens is 2. The average Bonchev–Trinajstić information content (AvgIpc) is 2.38. The van der Waals surface area contributed by atoms with E-state index in [0.717, 1.165) is 4.47 Å². The smallest absolute Gasteiger partial charge is 0.274 e. The van der Waals surface area contributed by atoms with Crippen LogP contribution in [0.15, 0.2) is 46.9 Å². The van der Waals surface area contributed by atoms with E-state index < -0.39 is 4.92 Å². The highest BCUT2D eigenvalue weighted by atomic mass is 79.9. The van der Waals surface area contributed by atoms with Crippen LogP contribution in [0.3, 0.4) is 0 Å². The lowest BCUT2D eigenvalue weighted by Gasteiger charge is -2.07. The van der Waals surface area contributed by atoms with Gasteiger partial charge in [-0.05, 0) is 30.3 Å². The van der Waals surface area contributed by atoms with Crippen molar-refractivity contribution in [1.82, 2.24) is 0 Å². The highest BCUT2D eigenvalue weighted by Crippen LogP contribution is 2.29. The third kappa shape index (κ3) is 3.45. The Kier molecular flexibility index (Phi) is 4.39. The summed E-state index contributed by atoms with van der Waals surface area (Å²) in [5, 5.41) is 10.8. The van der Waals surface area contributed by atoms with Crippen molar-refractivity contribution in [1.29, 1.82) is 0 Å². The molecule has 0 fully saturated rings. The van der Waals surface area contributed by atoms with Gasteiger partial charge in [0.15, 0.2) is 0 Å². The van der Waals surface area contributed by atoms with Crippen molar-refractivity contribution < 1.29 is 9.66 Å². The third-order valence-electron chi connectivity index (χ3n) is 2.42. The molecule has 19 heavy (non-hydrogen) atoms. The molecule has 0 aliphatic carbocycles. The molecule has 0 aromatic heterocycles. The Bertz CT molecular complexity index is 619. The summed E-state index contributed by atoms with van der Waals surface area (Å²) in [6.45, 7) is 0. The molecule has 0 spiro atoms. The highest BCUT2D eigenvalue weighted by Gasteiger charge is 2.13. The molecule has 0 N–H and O–H groups in total. The zero-order valence-electron chi connectivity index (χ0n) is 9.68. The van der Waals surface area contributed by atoms with Crippen LogP contribution in [0.25, 0.3) is 0 Å². The van der Waals surface area contributed by atoms with Crippen LogP contribution >= 0.6 is 27.5 Å². The summed E-state index contributed by atoms with van der Waals surface area (Å²) in [6.07, 6.45) is 0. The van der Waals surface area contributed by atoms with Crippen LogP contribution < -0.4 is 4.74 Å². The number of alkyl halides is 1. The topological polar surface area (TPSA) is 52.4 Å². The molecule has 0 saturated heterocycles. The zero-order chi connectivity index (χ0) is 13.8. The molecule has 2 rings (SSSR count). The zero-order valence-corrected chi connectivity index (χ0v) is 12.0. The van der Waals surface area contributed by atoms with E-state index >= 15 is 0 Å². The van der Waals surface area contributed by atoms with Crippen LogP contribution in [0.1, 0.15) is 5.56 Å². The van der Waals surface area contributed by atoms with Gasteiger partial charge >= 0.3 is 0 Å². The van der Waals surface area contributed by atoms with E-state index in [4.69, 9.17) is 16.3 Å².